The molecule has 0 aromatic heterocycles. The highest BCUT2D eigenvalue weighted by Crippen LogP contribution is 2.06. The molecule has 0 aliphatic heterocycles. The van der Waals surface area contributed by atoms with Crippen molar-refractivity contribution < 1.29 is 0 Å². The van der Waals surface area contributed by atoms with Crippen LogP contribution in [0.25, 0.3) is 0 Å². The van der Waals surface area contributed by atoms with Crippen molar-refractivity contribution in [2.75, 3.05) is 18.8 Å². The Kier molecular flexibility index (Phi) is 5.08. The summed E-state index contributed by atoms with van der Waals surface area (Å²) in [7, 11) is 0. The van der Waals surface area contributed by atoms with Crippen molar-refractivity contribution in [1.82, 2.24) is 5.32 Å². The number of nitrogens with one attached hydrogen (secondary N) is 1. The van der Waals surface area contributed by atoms with Crippen LogP contribution in [0.2, 0.25) is 0 Å². The molecule has 14 heavy (non-hydrogen) atoms. The van der Waals surface area contributed by atoms with E-state index in [-0.39, 0.29) is 0 Å². The van der Waals surface area contributed by atoms with Crippen molar-refractivity contribution in [3.05, 3.63) is 29.8 Å². The Bertz CT molecular complexity index is 258. The minimum absolute atomic E-state index is 0.857. The van der Waals surface area contributed by atoms with Gasteiger partial charge in [0.2, 0.25) is 0 Å². The Balaban J connectivity index is 2.18. The van der Waals surface area contributed by atoms with E-state index in [1.54, 1.807) is 0 Å². The molecule has 0 saturated heterocycles. The third-order valence-electron chi connectivity index (χ3n) is 2.25. The first-order valence-corrected chi connectivity index (χ1v) is 5.38. The first-order valence-electron chi connectivity index (χ1n) is 5.38. The topological polar surface area (TPSA) is 38.0 Å². The molecule has 1 rings (SSSR count). The second-order valence-corrected chi connectivity index (χ2v) is 3.60. The summed E-state index contributed by atoms with van der Waals surface area (Å²) in [6.45, 7) is 4.38. The summed E-state index contributed by atoms with van der Waals surface area (Å²) in [4.78, 5) is 0. The monoisotopic (exact) mass is 192 g/mol. The van der Waals surface area contributed by atoms with E-state index < -0.39 is 0 Å². The van der Waals surface area contributed by atoms with Crippen LogP contribution in [-0.4, -0.2) is 13.1 Å². The van der Waals surface area contributed by atoms with Gasteiger partial charge in [-0.15, -0.1) is 0 Å². The Morgan fingerprint density at radius 3 is 2.86 bits per heavy atom. The zero-order valence-electron chi connectivity index (χ0n) is 8.92. The number of rotatable bonds is 6. The molecule has 0 aliphatic carbocycles. The van der Waals surface area contributed by atoms with Crippen LogP contribution < -0.4 is 11.1 Å². The van der Waals surface area contributed by atoms with Crippen molar-refractivity contribution in [2.24, 2.45) is 0 Å². The van der Waals surface area contributed by atoms with Crippen LogP contribution >= 0.6 is 0 Å². The zero-order chi connectivity index (χ0) is 10.2. The summed E-state index contributed by atoms with van der Waals surface area (Å²) in [5.41, 5.74) is 7.86. The van der Waals surface area contributed by atoms with Crippen molar-refractivity contribution in [3.63, 3.8) is 0 Å². The Morgan fingerprint density at radius 1 is 1.29 bits per heavy atom. The predicted molar refractivity (Wildman–Crippen MR) is 62.3 cm³/mol. The van der Waals surface area contributed by atoms with Gasteiger partial charge in [0.05, 0.1) is 0 Å². The third-order valence-corrected chi connectivity index (χ3v) is 2.25. The average Bonchev–Trinajstić information content (AvgIpc) is 2.18. The molecule has 0 radical (unpaired) electrons. The van der Waals surface area contributed by atoms with Gasteiger partial charge in [-0.25, -0.2) is 0 Å². The molecular weight excluding hydrogens is 172 g/mol. The standard InChI is InChI=1S/C12H20N2/c1-2-3-8-14-9-7-11-5-4-6-12(13)10-11/h4-6,10,14H,2-3,7-9,13H2,1H3. The van der Waals surface area contributed by atoms with Crippen molar-refractivity contribution >= 4 is 5.69 Å². The summed E-state index contributed by atoms with van der Waals surface area (Å²) < 4.78 is 0. The van der Waals surface area contributed by atoms with Gasteiger partial charge >= 0.3 is 0 Å². The Morgan fingerprint density at radius 2 is 2.14 bits per heavy atom. The minimum Gasteiger partial charge on any atom is -0.399 e. The number of nitrogens with two attached hydrogens (primary N) is 1. The fraction of sp³-hybridized carbons (Fsp3) is 0.500. The maximum atomic E-state index is 5.69. The highest BCUT2D eigenvalue weighted by Gasteiger charge is 1.93. The highest BCUT2D eigenvalue weighted by atomic mass is 14.8. The molecule has 0 bridgehead atoms. The summed E-state index contributed by atoms with van der Waals surface area (Å²) in [6, 6.07) is 8.10. The molecule has 2 heteroatoms. The van der Waals surface area contributed by atoms with Gasteiger partial charge in [-0.1, -0.05) is 25.5 Å². The van der Waals surface area contributed by atoms with Crippen LogP contribution in [0.1, 0.15) is 25.3 Å². The molecule has 78 valence electrons. The van der Waals surface area contributed by atoms with Crippen molar-refractivity contribution in [1.29, 1.82) is 0 Å². The lowest BCUT2D eigenvalue weighted by molar-refractivity contribution is 0.640. The van der Waals surface area contributed by atoms with Gasteiger partial charge in [0.25, 0.3) is 0 Å². The van der Waals surface area contributed by atoms with Crippen LogP contribution in [0.3, 0.4) is 0 Å². The molecule has 0 heterocycles. The van der Waals surface area contributed by atoms with Gasteiger partial charge in [-0.2, -0.15) is 0 Å². The Labute approximate surface area is 86.5 Å². The van der Waals surface area contributed by atoms with E-state index in [0.29, 0.717) is 0 Å². The summed E-state index contributed by atoms with van der Waals surface area (Å²) >= 11 is 0. The molecule has 3 N–H and O–H groups in total. The van der Waals surface area contributed by atoms with Gasteiger partial charge in [0.1, 0.15) is 0 Å². The molecule has 0 amide bonds. The predicted octanol–water partition coefficient (Wildman–Crippen LogP) is 2.20. The number of benzene rings is 1. The molecule has 0 atom stereocenters. The van der Waals surface area contributed by atoms with E-state index in [9.17, 15) is 0 Å². The fourth-order valence-corrected chi connectivity index (χ4v) is 1.41. The van der Waals surface area contributed by atoms with Crippen LogP contribution in [0.5, 0.6) is 0 Å². The van der Waals surface area contributed by atoms with Crippen LogP contribution in [0.15, 0.2) is 24.3 Å². The molecule has 0 aliphatic rings. The molecule has 1 aromatic rings. The van der Waals surface area contributed by atoms with Gasteiger partial charge in [0, 0.05) is 5.69 Å². The summed E-state index contributed by atoms with van der Waals surface area (Å²) in [5, 5.41) is 3.41. The maximum Gasteiger partial charge on any atom is 0.0316 e. The lowest BCUT2D eigenvalue weighted by Crippen LogP contribution is -2.18. The fourth-order valence-electron chi connectivity index (χ4n) is 1.41. The number of hydrogen-bond donors (Lipinski definition) is 2. The summed E-state index contributed by atoms with van der Waals surface area (Å²) in [6.07, 6.45) is 3.58. The number of nitrogen functional groups attached to an aromatic ring is 1. The molecular formula is C12H20N2. The highest BCUT2D eigenvalue weighted by molar-refractivity contribution is 5.40. The average molecular weight is 192 g/mol. The first kappa shape index (κ1) is 11.1. The van der Waals surface area contributed by atoms with E-state index in [1.807, 2.05) is 18.2 Å². The number of anilines is 1. The molecule has 1 aromatic carbocycles. The van der Waals surface area contributed by atoms with Crippen LogP contribution in [0, 0.1) is 0 Å². The molecule has 0 spiro atoms. The van der Waals surface area contributed by atoms with Crippen molar-refractivity contribution in [2.45, 2.75) is 26.2 Å². The van der Waals surface area contributed by atoms with Crippen LogP contribution in [0.4, 0.5) is 5.69 Å². The minimum atomic E-state index is 0.857. The maximum absolute atomic E-state index is 5.69. The molecule has 0 saturated carbocycles. The van der Waals surface area contributed by atoms with E-state index in [4.69, 9.17) is 5.73 Å². The van der Waals surface area contributed by atoms with Gasteiger partial charge in [0.15, 0.2) is 0 Å². The lowest BCUT2D eigenvalue weighted by atomic mass is 10.1. The Hall–Kier alpha value is -1.02. The largest absolute Gasteiger partial charge is 0.399 e. The smallest absolute Gasteiger partial charge is 0.0316 e. The molecule has 0 fully saturated rings. The van der Waals surface area contributed by atoms with E-state index in [1.165, 1.54) is 18.4 Å². The van der Waals surface area contributed by atoms with E-state index >= 15 is 0 Å². The van der Waals surface area contributed by atoms with E-state index in [0.717, 1.165) is 25.2 Å². The molecule has 0 unspecified atom stereocenters. The second-order valence-electron chi connectivity index (χ2n) is 3.60. The first-order chi connectivity index (χ1) is 6.83. The molecule has 2 nitrogen and oxygen atoms in total. The van der Waals surface area contributed by atoms with Crippen molar-refractivity contribution in [3.8, 4) is 0 Å². The van der Waals surface area contributed by atoms with Gasteiger partial charge in [-0.3, -0.25) is 0 Å². The summed E-state index contributed by atoms with van der Waals surface area (Å²) in [5.74, 6) is 0. The second kappa shape index (κ2) is 6.44. The zero-order valence-corrected chi connectivity index (χ0v) is 8.92. The SMILES string of the molecule is CCCCNCCc1cccc(N)c1. The number of hydrogen-bond acceptors (Lipinski definition) is 2. The number of unbranched alkanes of at least 4 members (excludes halogenated alkanes) is 1. The normalized spacial score (nSPS) is 10.4. The van der Waals surface area contributed by atoms with Gasteiger partial charge < -0.3 is 11.1 Å². The van der Waals surface area contributed by atoms with Crippen LogP contribution in [-0.2, 0) is 6.42 Å². The third kappa shape index (κ3) is 4.28. The van der Waals surface area contributed by atoms with E-state index in [2.05, 4.69) is 18.3 Å². The quantitative estimate of drug-likeness (QED) is 0.535. The van der Waals surface area contributed by atoms with Gasteiger partial charge in [-0.05, 0) is 43.6 Å². The lowest BCUT2D eigenvalue weighted by Gasteiger charge is -2.04.